The van der Waals surface area contributed by atoms with Gasteiger partial charge in [-0.05, 0) is 47.0 Å². The van der Waals surface area contributed by atoms with Crippen molar-refractivity contribution in [2.24, 2.45) is 5.10 Å². The average Bonchev–Trinajstić information content (AvgIpc) is 2.84. The molecular weight excluding hydrogens is 454 g/mol. The first-order valence-electron chi connectivity index (χ1n) is 11.3. The van der Waals surface area contributed by atoms with E-state index in [2.05, 4.69) is 34.8 Å². The Morgan fingerprint density at radius 1 is 1.12 bits per heavy atom. The molecule has 8 heteroatoms. The topological polar surface area (TPSA) is 72.4 Å². The Labute approximate surface area is 204 Å². The number of carbonyl (C=O) groups is 1. The van der Waals surface area contributed by atoms with E-state index in [1.165, 1.54) is 5.39 Å². The molecule has 1 aliphatic heterocycles. The molecule has 0 radical (unpaired) electrons. The number of morpholine rings is 1. The smallest absolute Gasteiger partial charge is 0.254 e. The molecule has 0 aliphatic carbocycles. The van der Waals surface area contributed by atoms with Crippen molar-refractivity contribution in [2.45, 2.75) is 13.5 Å². The molecule has 34 heavy (non-hydrogen) atoms. The highest BCUT2D eigenvalue weighted by molar-refractivity contribution is 6.32. The van der Waals surface area contributed by atoms with E-state index in [1.54, 1.807) is 18.3 Å². The van der Waals surface area contributed by atoms with Crippen LogP contribution in [0.25, 0.3) is 10.8 Å². The molecule has 1 heterocycles. The zero-order valence-electron chi connectivity index (χ0n) is 19.1. The molecule has 4 rings (SSSR count). The lowest BCUT2D eigenvalue weighted by molar-refractivity contribution is -0.123. The second-order valence-electron chi connectivity index (χ2n) is 7.91. The van der Waals surface area contributed by atoms with E-state index < -0.39 is 0 Å². The first-order valence-corrected chi connectivity index (χ1v) is 11.7. The van der Waals surface area contributed by atoms with Gasteiger partial charge in [-0.15, -0.1) is 0 Å². The molecule has 1 amide bonds. The highest BCUT2D eigenvalue weighted by Crippen LogP contribution is 2.37. The largest absolute Gasteiger partial charge is 0.490 e. The quantitative estimate of drug-likeness (QED) is 0.365. The maximum absolute atomic E-state index is 12.1. The summed E-state index contributed by atoms with van der Waals surface area (Å²) in [5, 5.41) is 6.81. The maximum Gasteiger partial charge on any atom is 0.254 e. The Hall–Kier alpha value is -3.13. The standard InChI is InChI=1S/C26H28ClN3O4/c1-2-33-24-15-20(16-28-29-25(31)17-30-9-11-32-12-10-30)14-23(27)26(24)34-18-19-7-8-21-5-3-4-6-22(21)13-19/h3-8,13-16H,2,9-12,17-18H2,1H3,(H,29,31)/b28-16+. The summed E-state index contributed by atoms with van der Waals surface area (Å²) in [6, 6.07) is 17.9. The fourth-order valence-corrected chi connectivity index (χ4v) is 4.00. The maximum atomic E-state index is 12.1. The number of carbonyl (C=O) groups excluding carboxylic acids is 1. The molecule has 1 fully saturated rings. The summed E-state index contributed by atoms with van der Waals surface area (Å²) < 4.78 is 17.1. The van der Waals surface area contributed by atoms with Crippen molar-refractivity contribution in [3.63, 3.8) is 0 Å². The van der Waals surface area contributed by atoms with Crippen LogP contribution in [0, 0.1) is 0 Å². The van der Waals surface area contributed by atoms with Crippen LogP contribution in [0.4, 0.5) is 0 Å². The summed E-state index contributed by atoms with van der Waals surface area (Å²) in [6.45, 7) is 5.77. The van der Waals surface area contributed by atoms with E-state index in [9.17, 15) is 4.79 Å². The molecular formula is C26H28ClN3O4. The van der Waals surface area contributed by atoms with Crippen LogP contribution in [0.1, 0.15) is 18.1 Å². The lowest BCUT2D eigenvalue weighted by Gasteiger charge is -2.25. The predicted molar refractivity (Wildman–Crippen MR) is 134 cm³/mol. The van der Waals surface area contributed by atoms with Crippen molar-refractivity contribution in [1.82, 2.24) is 10.3 Å². The zero-order chi connectivity index (χ0) is 23.8. The summed E-state index contributed by atoms with van der Waals surface area (Å²) in [4.78, 5) is 14.1. The van der Waals surface area contributed by atoms with Crippen LogP contribution in [0.3, 0.4) is 0 Å². The fourth-order valence-electron chi connectivity index (χ4n) is 3.73. The van der Waals surface area contributed by atoms with E-state index in [-0.39, 0.29) is 12.5 Å². The van der Waals surface area contributed by atoms with Gasteiger partial charge in [0.05, 0.1) is 37.6 Å². The van der Waals surface area contributed by atoms with Crippen molar-refractivity contribution >= 4 is 34.5 Å². The molecule has 0 spiro atoms. The number of nitrogens with zero attached hydrogens (tertiary/aromatic N) is 2. The molecule has 0 aromatic heterocycles. The van der Waals surface area contributed by atoms with Crippen molar-refractivity contribution in [3.05, 3.63) is 70.7 Å². The van der Waals surface area contributed by atoms with Crippen LogP contribution in [-0.2, 0) is 16.1 Å². The third-order valence-corrected chi connectivity index (χ3v) is 5.68. The lowest BCUT2D eigenvalue weighted by Crippen LogP contribution is -2.42. The van der Waals surface area contributed by atoms with Gasteiger partial charge in [-0.25, -0.2) is 5.43 Å². The van der Waals surface area contributed by atoms with Gasteiger partial charge in [-0.1, -0.05) is 48.0 Å². The Morgan fingerprint density at radius 2 is 1.91 bits per heavy atom. The van der Waals surface area contributed by atoms with Gasteiger partial charge >= 0.3 is 0 Å². The van der Waals surface area contributed by atoms with Gasteiger partial charge in [0.15, 0.2) is 11.5 Å². The molecule has 1 saturated heterocycles. The molecule has 0 saturated carbocycles. The monoisotopic (exact) mass is 481 g/mol. The van der Waals surface area contributed by atoms with Crippen LogP contribution >= 0.6 is 11.6 Å². The van der Waals surface area contributed by atoms with Crippen molar-refractivity contribution in [3.8, 4) is 11.5 Å². The number of hydrogen-bond acceptors (Lipinski definition) is 6. The van der Waals surface area contributed by atoms with Gasteiger partial charge in [0.1, 0.15) is 6.61 Å². The van der Waals surface area contributed by atoms with Gasteiger partial charge < -0.3 is 14.2 Å². The predicted octanol–water partition coefficient (Wildman–Crippen LogP) is 4.25. The SMILES string of the molecule is CCOc1cc(/C=N/NC(=O)CN2CCOCC2)cc(Cl)c1OCc1ccc2ccccc2c1. The van der Waals surface area contributed by atoms with E-state index in [0.29, 0.717) is 48.5 Å². The second-order valence-corrected chi connectivity index (χ2v) is 8.32. The number of fused-ring (bicyclic) bond motifs is 1. The third-order valence-electron chi connectivity index (χ3n) is 5.40. The molecule has 0 unspecified atom stereocenters. The van der Waals surface area contributed by atoms with Crippen LogP contribution in [0.15, 0.2) is 59.7 Å². The van der Waals surface area contributed by atoms with Crippen LogP contribution in [0.2, 0.25) is 5.02 Å². The number of hydrogen-bond donors (Lipinski definition) is 1. The molecule has 7 nitrogen and oxygen atoms in total. The van der Waals surface area contributed by atoms with Crippen LogP contribution in [-0.4, -0.2) is 56.5 Å². The van der Waals surface area contributed by atoms with E-state index >= 15 is 0 Å². The van der Waals surface area contributed by atoms with Gasteiger partial charge in [-0.3, -0.25) is 9.69 Å². The number of rotatable bonds is 9. The minimum Gasteiger partial charge on any atom is -0.490 e. The summed E-state index contributed by atoms with van der Waals surface area (Å²) in [5.74, 6) is 0.826. The molecule has 0 atom stereocenters. The first-order chi connectivity index (χ1) is 16.6. The normalized spacial score (nSPS) is 14.4. The Balaban J connectivity index is 1.40. The van der Waals surface area contributed by atoms with Crippen LogP contribution in [0.5, 0.6) is 11.5 Å². The number of halogens is 1. The molecule has 0 bridgehead atoms. The fraction of sp³-hybridized carbons (Fsp3) is 0.308. The zero-order valence-corrected chi connectivity index (χ0v) is 19.9. The van der Waals surface area contributed by atoms with Gasteiger partial charge in [0.2, 0.25) is 0 Å². The average molecular weight is 482 g/mol. The third kappa shape index (κ3) is 6.47. The molecule has 1 N–H and O–H groups in total. The Morgan fingerprint density at radius 3 is 2.71 bits per heavy atom. The number of amides is 1. The number of ether oxygens (including phenoxy) is 3. The Bertz CT molecular complexity index is 1160. The summed E-state index contributed by atoms with van der Waals surface area (Å²) in [5.41, 5.74) is 4.28. The van der Waals surface area contributed by atoms with Crippen LogP contribution < -0.4 is 14.9 Å². The lowest BCUT2D eigenvalue weighted by atomic mass is 10.1. The minimum atomic E-state index is -0.176. The number of hydrazone groups is 1. The highest BCUT2D eigenvalue weighted by Gasteiger charge is 2.15. The van der Waals surface area contributed by atoms with E-state index in [4.69, 9.17) is 25.8 Å². The van der Waals surface area contributed by atoms with Crippen molar-refractivity contribution < 1.29 is 19.0 Å². The first kappa shape index (κ1) is 24.0. The van der Waals surface area contributed by atoms with Crippen molar-refractivity contribution in [1.29, 1.82) is 0 Å². The van der Waals surface area contributed by atoms with Gasteiger partial charge in [0.25, 0.3) is 5.91 Å². The molecule has 3 aromatic rings. The van der Waals surface area contributed by atoms with Gasteiger partial charge in [-0.2, -0.15) is 5.10 Å². The van der Waals surface area contributed by atoms with Crippen molar-refractivity contribution in [2.75, 3.05) is 39.5 Å². The summed E-state index contributed by atoms with van der Waals surface area (Å²) in [7, 11) is 0. The minimum absolute atomic E-state index is 0.176. The second kappa shape index (κ2) is 11.8. The molecule has 3 aromatic carbocycles. The van der Waals surface area contributed by atoms with Gasteiger partial charge in [0, 0.05) is 13.1 Å². The summed E-state index contributed by atoms with van der Waals surface area (Å²) >= 11 is 6.53. The van der Waals surface area contributed by atoms with E-state index in [1.807, 2.05) is 30.0 Å². The summed E-state index contributed by atoms with van der Waals surface area (Å²) in [6.07, 6.45) is 1.54. The molecule has 1 aliphatic rings. The molecule has 178 valence electrons. The highest BCUT2D eigenvalue weighted by atomic mass is 35.5. The van der Waals surface area contributed by atoms with E-state index in [0.717, 1.165) is 24.0 Å². The Kier molecular flexibility index (Phi) is 8.36. The number of benzene rings is 3. The number of nitrogens with one attached hydrogen (secondary N) is 1.